The van der Waals surface area contributed by atoms with Crippen molar-refractivity contribution in [3.63, 3.8) is 0 Å². The summed E-state index contributed by atoms with van der Waals surface area (Å²) in [6.45, 7) is 5.77. The third kappa shape index (κ3) is 6.15. The highest BCUT2D eigenvalue weighted by atomic mass is 32.2. The summed E-state index contributed by atoms with van der Waals surface area (Å²) in [7, 11) is -1.10. The van der Waals surface area contributed by atoms with E-state index in [1.165, 1.54) is 0 Å². The molecular formula is C22H36N4O5S. The summed E-state index contributed by atoms with van der Waals surface area (Å²) in [5, 5.41) is 2.55. The third-order valence-electron chi connectivity index (χ3n) is 7.16. The molecular weight excluding hydrogens is 432 g/mol. The first-order valence-electron chi connectivity index (χ1n) is 11.6. The van der Waals surface area contributed by atoms with Gasteiger partial charge >= 0.3 is 0 Å². The fourth-order valence-electron chi connectivity index (χ4n) is 5.27. The van der Waals surface area contributed by atoms with E-state index < -0.39 is 16.8 Å². The number of carbonyl (C=O) groups is 4. The summed E-state index contributed by atoms with van der Waals surface area (Å²) in [5.74, 6) is 0.164. The van der Waals surface area contributed by atoms with Crippen LogP contribution in [0.15, 0.2) is 0 Å². The van der Waals surface area contributed by atoms with Gasteiger partial charge in [-0.3, -0.25) is 23.4 Å². The first-order chi connectivity index (χ1) is 15.3. The van der Waals surface area contributed by atoms with Crippen molar-refractivity contribution < 1.29 is 23.4 Å². The number of rotatable bonds is 10. The summed E-state index contributed by atoms with van der Waals surface area (Å²) in [6, 6.07) is -0.404. The van der Waals surface area contributed by atoms with Gasteiger partial charge in [0.25, 0.3) is 0 Å². The summed E-state index contributed by atoms with van der Waals surface area (Å²) < 4.78 is 11.4. The summed E-state index contributed by atoms with van der Waals surface area (Å²) in [4.78, 5) is 54.4. The van der Waals surface area contributed by atoms with Crippen LogP contribution < -0.4 is 5.32 Å². The van der Waals surface area contributed by atoms with Crippen LogP contribution in [0.5, 0.6) is 0 Å². The second kappa shape index (κ2) is 11.4. The predicted molar refractivity (Wildman–Crippen MR) is 121 cm³/mol. The maximum Gasteiger partial charge on any atom is 0.245 e. The molecule has 3 rings (SSSR count). The van der Waals surface area contributed by atoms with Crippen LogP contribution in [0.1, 0.15) is 39.0 Å². The normalized spacial score (nSPS) is 28.6. The van der Waals surface area contributed by atoms with E-state index in [0.717, 1.165) is 45.3 Å². The zero-order chi connectivity index (χ0) is 23.3. The Hall–Kier alpha value is -1.81. The lowest BCUT2D eigenvalue weighted by Crippen LogP contribution is -2.54. The van der Waals surface area contributed by atoms with Crippen LogP contribution >= 0.6 is 0 Å². The molecule has 0 spiro atoms. The summed E-state index contributed by atoms with van der Waals surface area (Å²) >= 11 is 0. The number of Topliss-reactive ketones (excluding diaryl/α,β-unsaturated/α-hetero) is 1. The van der Waals surface area contributed by atoms with Gasteiger partial charge in [-0.05, 0) is 44.6 Å². The first kappa shape index (κ1) is 24.8. The summed E-state index contributed by atoms with van der Waals surface area (Å²) in [5.41, 5.74) is 0. The molecule has 9 nitrogen and oxygen atoms in total. The van der Waals surface area contributed by atoms with Crippen molar-refractivity contribution in [2.75, 3.05) is 51.3 Å². The van der Waals surface area contributed by atoms with Crippen molar-refractivity contribution in [3.8, 4) is 0 Å². The quantitative estimate of drug-likeness (QED) is 0.438. The van der Waals surface area contributed by atoms with Gasteiger partial charge in [0.15, 0.2) is 0 Å². The Morgan fingerprint density at radius 3 is 2.66 bits per heavy atom. The van der Waals surface area contributed by atoms with Crippen molar-refractivity contribution in [2.45, 2.75) is 51.1 Å². The van der Waals surface area contributed by atoms with Crippen molar-refractivity contribution >= 4 is 34.8 Å². The average Bonchev–Trinajstić information content (AvgIpc) is 3.40. The Bertz CT molecular complexity index is 748. The largest absolute Gasteiger partial charge is 0.347 e. The lowest BCUT2D eigenvalue weighted by molar-refractivity contribution is -0.144. The maximum atomic E-state index is 13.0. The highest BCUT2D eigenvalue weighted by Crippen LogP contribution is 2.27. The number of hydrogen-bond acceptors (Lipinski definition) is 6. The Morgan fingerprint density at radius 2 is 1.94 bits per heavy atom. The number of carbonyl (C=O) groups excluding carboxylic acids is 4. The van der Waals surface area contributed by atoms with Gasteiger partial charge in [0, 0.05) is 55.2 Å². The zero-order valence-corrected chi connectivity index (χ0v) is 20.0. The van der Waals surface area contributed by atoms with Crippen LogP contribution in [0.2, 0.25) is 0 Å². The molecule has 0 radical (unpaired) electrons. The maximum absolute atomic E-state index is 13.0. The standard InChI is InChI=1S/C22H36N4O5S/c1-16(20(28)14-32(2)31)17-7-10-24(11-17)12-18-5-3-9-26(18)21(29)13-25-8-4-6-19(22(25)30)23-15-27/h15-19H,3-14H2,1-2H3,(H,23,27)/t16?,17?,18-,19-,32?/m0/s1. The molecule has 3 saturated heterocycles. The molecule has 3 heterocycles. The highest BCUT2D eigenvalue weighted by molar-refractivity contribution is 7.85. The third-order valence-corrected chi connectivity index (χ3v) is 7.85. The van der Waals surface area contributed by atoms with Crippen LogP contribution in [0.25, 0.3) is 0 Å². The lowest BCUT2D eigenvalue weighted by atomic mass is 9.90. The van der Waals surface area contributed by atoms with E-state index in [2.05, 4.69) is 10.2 Å². The van der Waals surface area contributed by atoms with Crippen LogP contribution in [-0.4, -0.2) is 106 Å². The molecule has 0 aliphatic carbocycles. The van der Waals surface area contributed by atoms with Gasteiger partial charge in [-0.15, -0.1) is 0 Å². The Morgan fingerprint density at radius 1 is 1.19 bits per heavy atom. The fourth-order valence-corrected chi connectivity index (χ4v) is 5.93. The molecule has 0 aromatic rings. The lowest BCUT2D eigenvalue weighted by Gasteiger charge is -2.34. The minimum Gasteiger partial charge on any atom is -0.347 e. The topological polar surface area (TPSA) is 107 Å². The van der Waals surface area contributed by atoms with E-state index in [4.69, 9.17) is 0 Å². The van der Waals surface area contributed by atoms with E-state index in [0.29, 0.717) is 25.9 Å². The number of ketones is 1. The first-order valence-corrected chi connectivity index (χ1v) is 13.4. The Balaban J connectivity index is 1.51. The van der Waals surface area contributed by atoms with Gasteiger partial charge < -0.3 is 20.0 Å². The molecule has 0 bridgehead atoms. The summed E-state index contributed by atoms with van der Waals surface area (Å²) in [6.07, 6.45) is 6.33. The van der Waals surface area contributed by atoms with E-state index in [9.17, 15) is 23.4 Å². The number of amides is 3. The molecule has 10 heteroatoms. The molecule has 3 aliphatic heterocycles. The molecule has 0 aromatic heterocycles. The Kier molecular flexibility index (Phi) is 8.81. The van der Waals surface area contributed by atoms with Crippen LogP contribution in [0, 0.1) is 11.8 Å². The van der Waals surface area contributed by atoms with E-state index in [1.54, 1.807) is 11.2 Å². The molecule has 3 amide bonds. The second-order valence-corrected chi connectivity index (χ2v) is 10.8. The average molecular weight is 469 g/mol. The van der Waals surface area contributed by atoms with Gasteiger partial charge in [-0.2, -0.15) is 0 Å². The van der Waals surface area contributed by atoms with E-state index >= 15 is 0 Å². The highest BCUT2D eigenvalue weighted by Gasteiger charge is 2.37. The minimum absolute atomic E-state index is 0.0303. The molecule has 0 saturated carbocycles. The van der Waals surface area contributed by atoms with Gasteiger partial charge in [-0.25, -0.2) is 0 Å². The zero-order valence-electron chi connectivity index (χ0n) is 19.2. The molecule has 3 unspecified atom stereocenters. The number of hydrogen-bond donors (Lipinski definition) is 1. The SMILES string of the molecule is CC(C(=O)CS(C)=O)C1CCN(C[C@@H]2CCCN2C(=O)CN2CCC[C@H](NC=O)C2=O)C1. The van der Waals surface area contributed by atoms with Crippen molar-refractivity contribution in [3.05, 3.63) is 0 Å². The number of nitrogens with one attached hydrogen (secondary N) is 1. The molecule has 32 heavy (non-hydrogen) atoms. The molecule has 0 aromatic carbocycles. The monoisotopic (exact) mass is 468 g/mol. The molecule has 3 aliphatic rings. The predicted octanol–water partition coefficient (Wildman–Crippen LogP) is -0.380. The fraction of sp³-hybridized carbons (Fsp3) is 0.818. The van der Waals surface area contributed by atoms with Crippen LogP contribution in [0.4, 0.5) is 0 Å². The van der Waals surface area contributed by atoms with Gasteiger partial charge in [0.2, 0.25) is 18.2 Å². The second-order valence-electron chi connectivity index (χ2n) is 9.40. The van der Waals surface area contributed by atoms with Crippen molar-refractivity contribution in [2.24, 2.45) is 11.8 Å². The van der Waals surface area contributed by atoms with Gasteiger partial charge in [-0.1, -0.05) is 6.92 Å². The molecule has 3 fully saturated rings. The van der Waals surface area contributed by atoms with Gasteiger partial charge in [0.1, 0.15) is 11.8 Å². The number of likely N-dealkylation sites (tertiary alicyclic amines) is 3. The van der Waals surface area contributed by atoms with E-state index in [-0.39, 0.29) is 47.8 Å². The molecule has 1 N–H and O–H groups in total. The van der Waals surface area contributed by atoms with Crippen molar-refractivity contribution in [1.82, 2.24) is 20.0 Å². The molecule has 180 valence electrons. The Labute approximate surface area is 192 Å². The van der Waals surface area contributed by atoms with Crippen LogP contribution in [-0.2, 0) is 30.0 Å². The minimum atomic E-state index is -1.10. The van der Waals surface area contributed by atoms with Crippen molar-refractivity contribution in [1.29, 1.82) is 0 Å². The smallest absolute Gasteiger partial charge is 0.245 e. The van der Waals surface area contributed by atoms with Crippen LogP contribution in [0.3, 0.4) is 0 Å². The molecule has 5 atom stereocenters. The number of nitrogens with zero attached hydrogens (tertiary/aromatic N) is 3. The number of piperidine rings is 1. The van der Waals surface area contributed by atoms with E-state index in [1.807, 2.05) is 11.8 Å². The van der Waals surface area contributed by atoms with Gasteiger partial charge in [0.05, 0.1) is 12.3 Å².